The number of hydrogen-bond acceptors (Lipinski definition) is 7. The summed E-state index contributed by atoms with van der Waals surface area (Å²) in [5.41, 5.74) is 6.33. The monoisotopic (exact) mass is 439 g/mol. The van der Waals surface area contributed by atoms with E-state index in [4.69, 9.17) is 25.2 Å². The van der Waals surface area contributed by atoms with Crippen molar-refractivity contribution in [3.05, 3.63) is 76.0 Å². The average Bonchev–Trinajstić information content (AvgIpc) is 2.80. The standard InChI is InChI=1S/C25H21N5OS/c1-16-12-19(4-3-10-26)13-17(2)23(16)31-24-21-15-32-11-9-22(21)29-25(30-24)28-20-7-5-18(14-27)6-8-20/h3-8,12-13H,9,11,15H2,1-2H3,(H,28,29,30). The van der Waals surface area contributed by atoms with Gasteiger partial charge in [0.1, 0.15) is 5.75 Å². The van der Waals surface area contributed by atoms with Gasteiger partial charge in [-0.3, -0.25) is 0 Å². The first-order valence-electron chi connectivity index (χ1n) is 10.2. The SMILES string of the molecule is Cc1cc(C=CC#N)cc(C)c1Oc1nc(Nc2ccc(C#N)cc2)nc2c1CSCC2. The molecule has 0 saturated heterocycles. The Morgan fingerprint density at radius 3 is 2.53 bits per heavy atom. The summed E-state index contributed by atoms with van der Waals surface area (Å²) in [5, 5.41) is 21.0. The van der Waals surface area contributed by atoms with E-state index in [1.165, 1.54) is 6.08 Å². The molecule has 3 aromatic rings. The number of rotatable bonds is 5. The molecule has 2 heterocycles. The zero-order valence-electron chi connectivity index (χ0n) is 17.8. The second-order valence-corrected chi connectivity index (χ2v) is 8.55. The molecule has 7 heteroatoms. The lowest BCUT2D eigenvalue weighted by Crippen LogP contribution is -2.11. The number of hydrogen-bond donors (Lipinski definition) is 1. The van der Waals surface area contributed by atoms with Gasteiger partial charge in [0.2, 0.25) is 11.8 Å². The van der Waals surface area contributed by atoms with Crippen LogP contribution in [0.2, 0.25) is 0 Å². The quantitative estimate of drug-likeness (QED) is 0.500. The number of aromatic nitrogens is 2. The van der Waals surface area contributed by atoms with Gasteiger partial charge in [0.05, 0.1) is 23.4 Å². The summed E-state index contributed by atoms with van der Waals surface area (Å²) >= 11 is 1.85. The van der Waals surface area contributed by atoms with Gasteiger partial charge in [0, 0.05) is 23.1 Å². The first kappa shape index (κ1) is 21.4. The molecule has 0 saturated carbocycles. The molecule has 0 radical (unpaired) electrons. The van der Waals surface area contributed by atoms with E-state index >= 15 is 0 Å². The minimum atomic E-state index is 0.472. The van der Waals surface area contributed by atoms with Crippen LogP contribution in [0.4, 0.5) is 11.6 Å². The van der Waals surface area contributed by atoms with Crippen LogP contribution in [0.5, 0.6) is 11.6 Å². The van der Waals surface area contributed by atoms with Crippen LogP contribution in [-0.4, -0.2) is 15.7 Å². The van der Waals surface area contributed by atoms with Gasteiger partial charge in [-0.05, 0) is 85.2 Å². The second-order valence-electron chi connectivity index (χ2n) is 7.44. The molecule has 6 nitrogen and oxygen atoms in total. The van der Waals surface area contributed by atoms with Crippen molar-refractivity contribution in [2.24, 2.45) is 0 Å². The Morgan fingerprint density at radius 2 is 1.84 bits per heavy atom. The lowest BCUT2D eigenvalue weighted by atomic mass is 10.1. The smallest absolute Gasteiger partial charge is 0.230 e. The maximum Gasteiger partial charge on any atom is 0.230 e. The zero-order chi connectivity index (χ0) is 22.5. The number of thioether (sulfide) groups is 1. The normalized spacial score (nSPS) is 12.6. The van der Waals surface area contributed by atoms with Crippen LogP contribution in [0, 0.1) is 36.5 Å². The number of anilines is 2. The van der Waals surface area contributed by atoms with Gasteiger partial charge in [-0.15, -0.1) is 0 Å². The van der Waals surface area contributed by atoms with E-state index in [0.29, 0.717) is 17.4 Å². The second kappa shape index (κ2) is 9.55. The molecule has 1 aliphatic heterocycles. The van der Waals surface area contributed by atoms with Gasteiger partial charge in [0.15, 0.2) is 0 Å². The van der Waals surface area contributed by atoms with Gasteiger partial charge < -0.3 is 10.1 Å². The van der Waals surface area contributed by atoms with E-state index in [-0.39, 0.29) is 0 Å². The topological polar surface area (TPSA) is 94.6 Å². The highest BCUT2D eigenvalue weighted by atomic mass is 32.2. The molecule has 0 unspecified atom stereocenters. The number of aryl methyl sites for hydroxylation is 3. The molecule has 158 valence electrons. The van der Waals surface area contributed by atoms with Crippen LogP contribution >= 0.6 is 11.8 Å². The van der Waals surface area contributed by atoms with Crippen LogP contribution in [-0.2, 0) is 12.2 Å². The molecule has 1 aromatic heterocycles. The Kier molecular flexibility index (Phi) is 6.39. The van der Waals surface area contributed by atoms with Crippen molar-refractivity contribution in [3.8, 4) is 23.8 Å². The summed E-state index contributed by atoms with van der Waals surface area (Å²) in [4.78, 5) is 9.42. The highest BCUT2D eigenvalue weighted by Gasteiger charge is 2.21. The highest BCUT2D eigenvalue weighted by Crippen LogP contribution is 2.36. The zero-order valence-corrected chi connectivity index (χ0v) is 18.7. The minimum absolute atomic E-state index is 0.472. The van der Waals surface area contributed by atoms with E-state index < -0.39 is 0 Å². The van der Waals surface area contributed by atoms with Gasteiger partial charge in [-0.25, -0.2) is 4.98 Å². The Hall–Kier alpha value is -3.81. The largest absolute Gasteiger partial charge is 0.438 e. The molecule has 0 fully saturated rings. The molecule has 1 N–H and O–H groups in total. The Bertz CT molecular complexity index is 1250. The van der Waals surface area contributed by atoms with Crippen molar-refractivity contribution < 1.29 is 4.74 Å². The predicted molar refractivity (Wildman–Crippen MR) is 127 cm³/mol. The summed E-state index contributed by atoms with van der Waals surface area (Å²) in [5.74, 6) is 3.62. The van der Waals surface area contributed by atoms with Crippen molar-refractivity contribution in [2.45, 2.75) is 26.0 Å². The molecule has 0 amide bonds. The molecule has 2 aromatic carbocycles. The van der Waals surface area contributed by atoms with E-state index in [2.05, 4.69) is 11.4 Å². The third kappa shape index (κ3) is 4.74. The number of ether oxygens (including phenoxy) is 1. The third-order valence-electron chi connectivity index (χ3n) is 5.09. The fraction of sp³-hybridized carbons (Fsp3) is 0.200. The van der Waals surface area contributed by atoms with Gasteiger partial charge in [0.25, 0.3) is 0 Å². The van der Waals surface area contributed by atoms with Crippen molar-refractivity contribution in [1.82, 2.24) is 9.97 Å². The van der Waals surface area contributed by atoms with Crippen LogP contribution in [0.15, 0.2) is 42.5 Å². The van der Waals surface area contributed by atoms with Crippen molar-refractivity contribution in [3.63, 3.8) is 0 Å². The summed E-state index contributed by atoms with van der Waals surface area (Å²) in [6.07, 6.45) is 4.11. The van der Waals surface area contributed by atoms with E-state index in [1.807, 2.05) is 55.9 Å². The first-order valence-corrected chi connectivity index (χ1v) is 11.3. The lowest BCUT2D eigenvalue weighted by molar-refractivity contribution is 0.449. The van der Waals surface area contributed by atoms with E-state index in [0.717, 1.165) is 57.3 Å². The molecule has 1 aliphatic rings. The van der Waals surface area contributed by atoms with Crippen molar-refractivity contribution >= 4 is 29.5 Å². The lowest BCUT2D eigenvalue weighted by Gasteiger charge is -2.20. The number of allylic oxidation sites excluding steroid dienone is 1. The fourth-order valence-corrected chi connectivity index (χ4v) is 4.55. The maximum atomic E-state index is 9.00. The number of nitriles is 2. The van der Waals surface area contributed by atoms with E-state index in [1.54, 1.807) is 18.2 Å². The number of benzene rings is 2. The van der Waals surface area contributed by atoms with Gasteiger partial charge in [-0.2, -0.15) is 27.3 Å². The first-order chi connectivity index (χ1) is 15.6. The Morgan fingerprint density at radius 1 is 1.09 bits per heavy atom. The predicted octanol–water partition coefficient (Wildman–Crippen LogP) is 5.83. The number of nitrogens with one attached hydrogen (secondary N) is 1. The summed E-state index contributed by atoms with van der Waals surface area (Å²) in [7, 11) is 0. The molecular formula is C25H21N5OS. The summed E-state index contributed by atoms with van der Waals surface area (Å²) in [6, 6.07) is 15.3. The molecule has 32 heavy (non-hydrogen) atoms. The number of nitrogens with zero attached hydrogens (tertiary/aromatic N) is 4. The molecular weight excluding hydrogens is 418 g/mol. The van der Waals surface area contributed by atoms with Gasteiger partial charge >= 0.3 is 0 Å². The Labute approximate surface area is 191 Å². The summed E-state index contributed by atoms with van der Waals surface area (Å²) < 4.78 is 6.38. The molecule has 4 rings (SSSR count). The molecule has 0 aliphatic carbocycles. The van der Waals surface area contributed by atoms with Crippen molar-refractivity contribution in [2.75, 3.05) is 11.1 Å². The van der Waals surface area contributed by atoms with E-state index in [9.17, 15) is 0 Å². The van der Waals surface area contributed by atoms with Gasteiger partial charge in [-0.1, -0.05) is 0 Å². The van der Waals surface area contributed by atoms with Crippen LogP contribution in [0.1, 0.15) is 33.5 Å². The average molecular weight is 440 g/mol. The van der Waals surface area contributed by atoms with Crippen molar-refractivity contribution in [1.29, 1.82) is 10.5 Å². The Balaban J connectivity index is 1.69. The minimum Gasteiger partial charge on any atom is -0.438 e. The fourth-order valence-electron chi connectivity index (χ4n) is 3.57. The third-order valence-corrected chi connectivity index (χ3v) is 6.07. The number of fused-ring (bicyclic) bond motifs is 1. The van der Waals surface area contributed by atoms with Crippen LogP contribution < -0.4 is 10.1 Å². The van der Waals surface area contributed by atoms with Crippen LogP contribution in [0.25, 0.3) is 6.08 Å². The molecule has 0 bridgehead atoms. The highest BCUT2D eigenvalue weighted by molar-refractivity contribution is 7.98. The molecule has 0 atom stereocenters. The summed E-state index contributed by atoms with van der Waals surface area (Å²) in [6.45, 7) is 3.98. The van der Waals surface area contributed by atoms with Crippen LogP contribution in [0.3, 0.4) is 0 Å². The maximum absolute atomic E-state index is 9.00. The molecule has 0 spiro atoms.